The molecule has 1 unspecified atom stereocenters. The minimum Gasteiger partial charge on any atom is -0.490 e. The smallest absolute Gasteiger partial charge is 0.343 e. The van der Waals surface area contributed by atoms with Gasteiger partial charge in [0.1, 0.15) is 23.1 Å². The molecule has 6 nitrogen and oxygen atoms in total. The normalized spacial score (nSPS) is 14.5. The van der Waals surface area contributed by atoms with Crippen molar-refractivity contribution in [3.8, 4) is 23.3 Å². The molecule has 1 atom stereocenters. The Labute approximate surface area is 220 Å². The van der Waals surface area contributed by atoms with Gasteiger partial charge in [-0.15, -0.1) is 0 Å². The largest absolute Gasteiger partial charge is 0.490 e. The lowest BCUT2D eigenvalue weighted by Gasteiger charge is -2.26. The number of nitriles is 1. The van der Waals surface area contributed by atoms with Crippen LogP contribution in [0.2, 0.25) is 10.0 Å². The Morgan fingerprint density at radius 3 is 2.57 bits per heavy atom. The van der Waals surface area contributed by atoms with E-state index in [1.54, 1.807) is 18.2 Å². The highest BCUT2D eigenvalue weighted by Crippen LogP contribution is 2.44. The number of allylic oxidation sites excluding steroid dienone is 1. The summed E-state index contributed by atoms with van der Waals surface area (Å²) in [5.41, 5.74) is 8.12. The summed E-state index contributed by atoms with van der Waals surface area (Å²) in [4.78, 5) is 12.8. The molecule has 1 aliphatic rings. The molecule has 0 spiro atoms. The third kappa shape index (κ3) is 5.25. The molecule has 0 saturated carbocycles. The molecule has 2 N–H and O–H groups in total. The van der Waals surface area contributed by atoms with E-state index in [9.17, 15) is 10.1 Å². The Morgan fingerprint density at radius 1 is 1.17 bits per heavy atom. The Kier molecular flexibility index (Phi) is 7.56. The van der Waals surface area contributed by atoms with Crippen LogP contribution in [0.4, 0.5) is 0 Å². The van der Waals surface area contributed by atoms with E-state index < -0.39 is 11.9 Å². The van der Waals surface area contributed by atoms with Crippen LogP contribution < -0.4 is 19.9 Å². The van der Waals surface area contributed by atoms with Gasteiger partial charge in [-0.05, 0) is 42.3 Å². The maximum absolute atomic E-state index is 12.8. The number of nitrogens with zero attached hydrogens (tertiary/aromatic N) is 1. The van der Waals surface area contributed by atoms with Gasteiger partial charge in [0.2, 0.25) is 5.88 Å². The Balaban J connectivity index is 1.63. The van der Waals surface area contributed by atoms with Gasteiger partial charge < -0.3 is 19.9 Å². The predicted octanol–water partition coefficient (Wildman–Crippen LogP) is 6.98. The molecule has 0 saturated heterocycles. The second-order valence-corrected chi connectivity index (χ2v) is 9.42. The number of fused-ring (bicyclic) bond motifs is 1. The van der Waals surface area contributed by atoms with E-state index in [0.29, 0.717) is 23.7 Å². The van der Waals surface area contributed by atoms with Crippen LogP contribution in [-0.4, -0.2) is 12.6 Å². The van der Waals surface area contributed by atoms with E-state index in [-0.39, 0.29) is 27.2 Å². The van der Waals surface area contributed by atoms with E-state index in [1.807, 2.05) is 31.2 Å². The summed E-state index contributed by atoms with van der Waals surface area (Å²) in [6.07, 6.45) is 0.787. The van der Waals surface area contributed by atoms with Crippen LogP contribution >= 0.6 is 39.1 Å². The van der Waals surface area contributed by atoms with Gasteiger partial charge in [0.15, 0.2) is 5.75 Å². The number of hydrogen-bond donors (Lipinski definition) is 1. The summed E-state index contributed by atoms with van der Waals surface area (Å²) in [6, 6.07) is 17.6. The molecule has 0 amide bonds. The third-order valence-electron chi connectivity index (χ3n) is 5.27. The number of carbonyl (C=O) groups is 1. The number of rotatable bonds is 6. The quantitative estimate of drug-likeness (QED) is 0.252. The molecule has 3 aromatic rings. The van der Waals surface area contributed by atoms with Crippen LogP contribution in [-0.2, 0) is 0 Å². The maximum Gasteiger partial charge on any atom is 0.343 e. The molecule has 1 aliphatic heterocycles. The van der Waals surface area contributed by atoms with Gasteiger partial charge in [0.25, 0.3) is 0 Å². The number of carbonyl (C=O) groups excluding carboxylic acids is 1. The van der Waals surface area contributed by atoms with E-state index in [0.717, 1.165) is 22.0 Å². The standard InChI is InChI=1S/C26H19BrCl2N2O4/c1-2-8-33-24-20(28)10-15(11-21(24)29)26(32)34-17-6-7-18-22(12-17)35-25(31)19(13-30)23(18)14-4-3-5-16(27)9-14/h3-7,9-12,23H,2,8,31H2,1H3. The molecule has 1 heterocycles. The molecule has 0 aromatic heterocycles. The fourth-order valence-corrected chi connectivity index (χ4v) is 4.73. The van der Waals surface area contributed by atoms with Crippen molar-refractivity contribution in [3.05, 3.63) is 97.3 Å². The number of nitrogens with two attached hydrogens (primary N) is 1. The molecule has 35 heavy (non-hydrogen) atoms. The van der Waals surface area contributed by atoms with Crippen molar-refractivity contribution in [1.82, 2.24) is 0 Å². The minimum absolute atomic E-state index is 0.00492. The molecular formula is C26H19BrCl2N2O4. The van der Waals surface area contributed by atoms with Gasteiger partial charge in [-0.3, -0.25) is 0 Å². The van der Waals surface area contributed by atoms with Crippen molar-refractivity contribution in [2.45, 2.75) is 19.3 Å². The lowest BCUT2D eigenvalue weighted by Crippen LogP contribution is -2.21. The summed E-state index contributed by atoms with van der Waals surface area (Å²) >= 11 is 16.0. The Morgan fingerprint density at radius 2 is 1.91 bits per heavy atom. The zero-order valence-electron chi connectivity index (χ0n) is 18.5. The zero-order chi connectivity index (χ0) is 25.1. The number of benzene rings is 3. The minimum atomic E-state index is -0.656. The Hall–Kier alpha value is -3.18. The van der Waals surface area contributed by atoms with E-state index in [2.05, 4.69) is 22.0 Å². The second kappa shape index (κ2) is 10.6. The van der Waals surface area contributed by atoms with Crippen molar-refractivity contribution in [2.75, 3.05) is 6.61 Å². The zero-order valence-corrected chi connectivity index (χ0v) is 21.6. The fourth-order valence-electron chi connectivity index (χ4n) is 3.71. The predicted molar refractivity (Wildman–Crippen MR) is 137 cm³/mol. The van der Waals surface area contributed by atoms with Crippen LogP contribution in [0.25, 0.3) is 0 Å². The van der Waals surface area contributed by atoms with Crippen LogP contribution in [0.3, 0.4) is 0 Å². The summed E-state index contributed by atoms with van der Waals surface area (Å²) in [7, 11) is 0. The van der Waals surface area contributed by atoms with Crippen molar-refractivity contribution in [1.29, 1.82) is 5.26 Å². The molecule has 4 rings (SSSR count). The lowest BCUT2D eigenvalue weighted by molar-refractivity contribution is 0.0734. The molecule has 0 aliphatic carbocycles. The second-order valence-electron chi connectivity index (χ2n) is 7.69. The van der Waals surface area contributed by atoms with Crippen molar-refractivity contribution in [3.63, 3.8) is 0 Å². The SMILES string of the molecule is CCCOc1c(Cl)cc(C(=O)Oc2ccc3c(c2)OC(N)=C(C#N)C3c2cccc(Br)c2)cc1Cl. The van der Waals surface area contributed by atoms with Crippen LogP contribution in [0.1, 0.15) is 40.7 Å². The summed E-state index contributed by atoms with van der Waals surface area (Å²) in [5.74, 6) is -0.155. The first-order chi connectivity index (χ1) is 16.8. The van der Waals surface area contributed by atoms with Crippen molar-refractivity contribution >= 4 is 45.1 Å². The first kappa shape index (κ1) is 24.9. The molecule has 9 heteroatoms. The molecule has 0 bridgehead atoms. The third-order valence-corrected chi connectivity index (χ3v) is 6.32. The number of hydrogen-bond acceptors (Lipinski definition) is 6. The summed E-state index contributed by atoms with van der Waals surface area (Å²) < 4.78 is 17.7. The molecule has 0 radical (unpaired) electrons. The van der Waals surface area contributed by atoms with Gasteiger partial charge in [0.05, 0.1) is 28.1 Å². The first-order valence-corrected chi connectivity index (χ1v) is 12.2. The molecule has 178 valence electrons. The Bertz CT molecular complexity index is 1360. The van der Waals surface area contributed by atoms with Gasteiger partial charge in [-0.25, -0.2) is 4.79 Å². The summed E-state index contributed by atoms with van der Waals surface area (Å²) in [5, 5.41) is 10.1. The summed E-state index contributed by atoms with van der Waals surface area (Å²) in [6.45, 7) is 2.41. The average molecular weight is 574 g/mol. The number of esters is 1. The monoisotopic (exact) mass is 572 g/mol. The van der Waals surface area contributed by atoms with Crippen molar-refractivity contribution in [2.24, 2.45) is 5.73 Å². The maximum atomic E-state index is 12.8. The van der Waals surface area contributed by atoms with E-state index in [1.165, 1.54) is 12.1 Å². The lowest BCUT2D eigenvalue weighted by atomic mass is 9.83. The fraction of sp³-hybridized carbons (Fsp3) is 0.154. The molecule has 3 aromatic carbocycles. The van der Waals surface area contributed by atoms with Crippen LogP contribution in [0.5, 0.6) is 17.2 Å². The van der Waals surface area contributed by atoms with Crippen molar-refractivity contribution < 1.29 is 19.0 Å². The highest BCUT2D eigenvalue weighted by atomic mass is 79.9. The van der Waals surface area contributed by atoms with Gasteiger partial charge in [-0.2, -0.15) is 5.26 Å². The topological polar surface area (TPSA) is 94.6 Å². The van der Waals surface area contributed by atoms with Gasteiger partial charge in [-0.1, -0.05) is 64.3 Å². The highest BCUT2D eigenvalue weighted by Gasteiger charge is 2.31. The van der Waals surface area contributed by atoms with Crippen LogP contribution in [0, 0.1) is 11.3 Å². The van der Waals surface area contributed by atoms with Gasteiger partial charge in [0, 0.05) is 16.1 Å². The molecule has 0 fully saturated rings. The van der Waals surface area contributed by atoms with E-state index in [4.69, 9.17) is 43.1 Å². The molecular weight excluding hydrogens is 555 g/mol. The van der Waals surface area contributed by atoms with Gasteiger partial charge >= 0.3 is 5.97 Å². The average Bonchev–Trinajstić information content (AvgIpc) is 2.82. The van der Waals surface area contributed by atoms with Crippen LogP contribution in [0.15, 0.2) is 70.5 Å². The highest BCUT2D eigenvalue weighted by molar-refractivity contribution is 9.10. The first-order valence-electron chi connectivity index (χ1n) is 10.6. The van der Waals surface area contributed by atoms with E-state index >= 15 is 0 Å². The number of halogens is 3. The number of ether oxygens (including phenoxy) is 3.